The molecule has 0 saturated heterocycles. The van der Waals surface area contributed by atoms with Crippen LogP contribution in [-0.4, -0.2) is 24.3 Å². The highest BCUT2D eigenvalue weighted by atomic mass is 19.4. The second-order valence-corrected chi connectivity index (χ2v) is 10.7. The van der Waals surface area contributed by atoms with E-state index in [1.54, 1.807) is 26.0 Å². The van der Waals surface area contributed by atoms with Crippen LogP contribution in [0.2, 0.25) is 0 Å². The summed E-state index contributed by atoms with van der Waals surface area (Å²) >= 11 is 0. The minimum absolute atomic E-state index is 0. The predicted octanol–water partition coefficient (Wildman–Crippen LogP) is 8.76. The summed E-state index contributed by atoms with van der Waals surface area (Å²) in [6.45, 7) is 14.7. The van der Waals surface area contributed by atoms with E-state index in [0.717, 1.165) is 56.2 Å². The van der Waals surface area contributed by atoms with Gasteiger partial charge < -0.3 is 9.59 Å². The fourth-order valence-corrected chi connectivity index (χ4v) is 4.65. The van der Waals surface area contributed by atoms with Crippen LogP contribution in [0.25, 0.3) is 0 Å². The minimum Gasteiger partial charge on any atom is -0.307 e. The molecule has 0 amide bonds. The van der Waals surface area contributed by atoms with Gasteiger partial charge in [0.25, 0.3) is 5.92 Å². The monoisotopic (exact) mass is 593 g/mol. The van der Waals surface area contributed by atoms with Crippen LogP contribution in [0.1, 0.15) is 89.8 Å². The number of Topliss-reactive ketones (excluding diaryl/α,β-unsaturated/α-hetero) is 1. The zero-order chi connectivity index (χ0) is 31.3. The SMILES string of the molecule is C=O.C=O.CC(=O)C1CC(C(C)(C)CCCc2cccc(C(F)(F)F)c2)C1.CCc1ccc(C(C)(F)F)nc1C.F.[HH]. The maximum Gasteiger partial charge on any atom is 0.416 e. The first kappa shape index (κ1) is 40.1. The highest BCUT2D eigenvalue weighted by Gasteiger charge is 2.41. The maximum atomic E-state index is 12.8. The Labute approximate surface area is 241 Å². The summed E-state index contributed by atoms with van der Waals surface area (Å²) in [5, 5.41) is 0. The summed E-state index contributed by atoms with van der Waals surface area (Å²) in [7, 11) is 0. The highest BCUT2D eigenvalue weighted by molar-refractivity contribution is 5.79. The summed E-state index contributed by atoms with van der Waals surface area (Å²) in [6.07, 6.45) is 0.986. The van der Waals surface area contributed by atoms with Crippen LogP contribution < -0.4 is 0 Å². The Bertz CT molecular complexity index is 1070. The lowest BCUT2D eigenvalue weighted by Crippen LogP contribution is -2.38. The molecule has 0 atom stereocenters. The number of pyridine rings is 1. The number of carbonyl (C=O) groups excluding carboxylic acids is 3. The van der Waals surface area contributed by atoms with Crippen LogP contribution in [-0.2, 0) is 39.3 Å². The molecule has 1 heterocycles. The second kappa shape index (κ2) is 17.7. The van der Waals surface area contributed by atoms with Crippen molar-refractivity contribution in [1.82, 2.24) is 4.98 Å². The quantitative estimate of drug-likeness (QED) is 0.287. The Balaban J connectivity index is -0.000000687. The van der Waals surface area contributed by atoms with E-state index >= 15 is 0 Å². The van der Waals surface area contributed by atoms with Gasteiger partial charge >= 0.3 is 6.18 Å². The molecule has 1 aromatic carbocycles. The zero-order valence-corrected chi connectivity index (χ0v) is 24.7. The van der Waals surface area contributed by atoms with E-state index in [0.29, 0.717) is 18.0 Å². The molecule has 1 aliphatic carbocycles. The van der Waals surface area contributed by atoms with Crippen LogP contribution in [0.15, 0.2) is 36.4 Å². The third kappa shape index (κ3) is 13.0. The molecule has 1 fully saturated rings. The van der Waals surface area contributed by atoms with Crippen LogP contribution in [0.5, 0.6) is 0 Å². The summed E-state index contributed by atoms with van der Waals surface area (Å²) in [5.74, 6) is -1.78. The molecule has 234 valence electrons. The lowest BCUT2D eigenvalue weighted by atomic mass is 9.60. The van der Waals surface area contributed by atoms with Crippen molar-refractivity contribution in [3.05, 3.63) is 64.5 Å². The molecule has 0 unspecified atom stereocenters. The molecule has 0 N–H and O–H groups in total. The van der Waals surface area contributed by atoms with Gasteiger partial charge in [-0.05, 0) is 87.0 Å². The second-order valence-electron chi connectivity index (χ2n) is 10.7. The van der Waals surface area contributed by atoms with Crippen LogP contribution in [0, 0.1) is 24.2 Å². The third-order valence-corrected chi connectivity index (χ3v) is 7.38. The molecule has 4 nitrogen and oxygen atoms in total. The molecule has 2 aromatic rings. The van der Waals surface area contributed by atoms with E-state index in [4.69, 9.17) is 9.59 Å². The minimum atomic E-state index is -4.27. The Morgan fingerprint density at radius 3 is 2.00 bits per heavy atom. The molecule has 3 rings (SSSR count). The van der Waals surface area contributed by atoms with Crippen molar-refractivity contribution in [1.29, 1.82) is 0 Å². The lowest BCUT2D eigenvalue weighted by molar-refractivity contribution is -0.137. The number of aromatic nitrogens is 1. The Hall–Kier alpha value is -3.04. The highest BCUT2D eigenvalue weighted by Crippen LogP contribution is 2.48. The largest absolute Gasteiger partial charge is 0.416 e. The molecule has 0 bridgehead atoms. The first-order valence-corrected chi connectivity index (χ1v) is 13.1. The maximum absolute atomic E-state index is 12.8. The van der Waals surface area contributed by atoms with E-state index in [1.165, 1.54) is 18.2 Å². The van der Waals surface area contributed by atoms with Gasteiger partial charge in [0.2, 0.25) is 0 Å². The van der Waals surface area contributed by atoms with E-state index in [2.05, 4.69) is 18.8 Å². The Kier molecular flexibility index (Phi) is 17.3. The van der Waals surface area contributed by atoms with Gasteiger partial charge in [-0.15, -0.1) is 0 Å². The molecule has 41 heavy (non-hydrogen) atoms. The molecule has 10 heteroatoms. The van der Waals surface area contributed by atoms with E-state index in [9.17, 15) is 26.7 Å². The average Bonchev–Trinajstić information content (AvgIpc) is 2.84. The number of ketones is 1. The van der Waals surface area contributed by atoms with Crippen molar-refractivity contribution in [2.45, 2.75) is 92.2 Å². The number of alkyl halides is 5. The summed E-state index contributed by atoms with van der Waals surface area (Å²) in [6, 6.07) is 8.72. The number of hydrogen-bond donors (Lipinski definition) is 0. The predicted molar refractivity (Wildman–Crippen MR) is 152 cm³/mol. The number of carbonyl (C=O) groups is 3. The fraction of sp³-hybridized carbons (Fsp3) is 0.548. The summed E-state index contributed by atoms with van der Waals surface area (Å²) in [4.78, 5) is 31.2. The van der Waals surface area contributed by atoms with Crippen molar-refractivity contribution < 1.29 is 42.5 Å². The molecule has 1 aromatic heterocycles. The average molecular weight is 594 g/mol. The standard InChI is InChI=1S/C19H25F3O.C10H13F2N.2CH2O.FH.H2/c1-13(23)15-11-17(12-15)18(2,3)9-5-7-14-6-4-8-16(10-14)19(20,21)22;1-4-8-5-6-9(10(3,11)12)13-7(8)2;2*1-2;;/h4,6,8,10,15,17H,5,7,9,11-12H2,1-3H3;5-6H,4H2,1-3H3;2*1H2;2*1H. The van der Waals surface area contributed by atoms with Gasteiger partial charge in [-0.2, -0.15) is 22.0 Å². The lowest BCUT2D eigenvalue weighted by Gasteiger charge is -2.45. The Morgan fingerprint density at radius 1 is 1.00 bits per heavy atom. The normalized spacial score (nSPS) is 16.2. The Morgan fingerprint density at radius 2 is 1.56 bits per heavy atom. The summed E-state index contributed by atoms with van der Waals surface area (Å²) < 4.78 is 63.8. The number of nitrogens with zero attached hydrogens (tertiary/aromatic N) is 1. The van der Waals surface area contributed by atoms with Crippen molar-refractivity contribution in [3.8, 4) is 0 Å². The van der Waals surface area contributed by atoms with Crippen molar-refractivity contribution in [2.24, 2.45) is 17.3 Å². The van der Waals surface area contributed by atoms with Crippen molar-refractivity contribution in [3.63, 3.8) is 0 Å². The van der Waals surface area contributed by atoms with Gasteiger partial charge in [-0.25, -0.2) is 0 Å². The first-order valence-electron chi connectivity index (χ1n) is 13.1. The van der Waals surface area contributed by atoms with E-state index < -0.39 is 17.7 Å². The van der Waals surface area contributed by atoms with Crippen molar-refractivity contribution >= 4 is 19.4 Å². The first-order chi connectivity index (χ1) is 18.5. The van der Waals surface area contributed by atoms with Gasteiger partial charge in [-0.3, -0.25) is 14.5 Å². The van der Waals surface area contributed by atoms with Crippen LogP contribution in [0.3, 0.4) is 0 Å². The van der Waals surface area contributed by atoms with Crippen LogP contribution in [0.4, 0.5) is 26.7 Å². The van der Waals surface area contributed by atoms with Gasteiger partial charge in [0.15, 0.2) is 0 Å². The smallest absolute Gasteiger partial charge is 0.307 e. The number of aryl methyl sites for hydroxylation is 3. The molecule has 0 aliphatic heterocycles. The molecule has 1 saturated carbocycles. The number of hydrogen-bond acceptors (Lipinski definition) is 4. The van der Waals surface area contributed by atoms with Gasteiger partial charge in [0.05, 0.1) is 5.56 Å². The molecule has 0 radical (unpaired) electrons. The number of benzene rings is 1. The third-order valence-electron chi connectivity index (χ3n) is 7.38. The van der Waals surface area contributed by atoms with Gasteiger partial charge in [0.1, 0.15) is 25.1 Å². The molecular weight excluding hydrogens is 548 g/mol. The fourth-order valence-electron chi connectivity index (χ4n) is 4.65. The van der Waals surface area contributed by atoms with Crippen molar-refractivity contribution in [2.75, 3.05) is 0 Å². The topological polar surface area (TPSA) is 64.1 Å². The van der Waals surface area contributed by atoms with Gasteiger partial charge in [-0.1, -0.05) is 45.0 Å². The molecule has 1 aliphatic rings. The van der Waals surface area contributed by atoms with Gasteiger partial charge in [0, 0.05) is 20.0 Å². The number of halogens is 6. The molecule has 0 spiro atoms. The van der Waals surface area contributed by atoms with E-state index in [-0.39, 0.29) is 28.9 Å². The van der Waals surface area contributed by atoms with E-state index in [1.807, 2.05) is 20.5 Å². The number of rotatable bonds is 8. The van der Waals surface area contributed by atoms with Crippen LogP contribution >= 0.6 is 0 Å². The molecular formula is C31H45F6NO3. The summed E-state index contributed by atoms with van der Waals surface area (Å²) in [5.41, 5.74) is 1.88. The zero-order valence-electron chi connectivity index (χ0n) is 24.7.